The molecule has 0 spiro atoms. The highest BCUT2D eigenvalue weighted by atomic mass is 16.6. The number of fused-ring (bicyclic) bond motifs is 7. The SMILES string of the molecule is CCCC(=O)O[C@@H]1CC[C@]2(C)[C@H]3CCC4[C@@H]5[C@H](C(C)C)CC[C@]5(C(=O)C[C@H](C)C(=O)OC(C)(C)C)CC[C@@]4(C)[C@]3(C)CC[C@H]2C1(C)C. The lowest BCUT2D eigenvalue weighted by atomic mass is 9.32. The molecule has 0 aromatic carbocycles. The maximum atomic E-state index is 14.6. The molecule has 0 bridgehead atoms. The summed E-state index contributed by atoms with van der Waals surface area (Å²) in [5.41, 5.74) is -0.272. The van der Waals surface area contributed by atoms with Crippen molar-refractivity contribution in [2.75, 3.05) is 0 Å². The molecule has 11 atom stereocenters. The van der Waals surface area contributed by atoms with E-state index in [1.54, 1.807) is 0 Å². The molecule has 0 aromatic heterocycles. The number of esters is 2. The zero-order chi connectivity index (χ0) is 35.0. The van der Waals surface area contributed by atoms with Gasteiger partial charge in [0.05, 0.1) is 5.92 Å². The topological polar surface area (TPSA) is 69.7 Å². The van der Waals surface area contributed by atoms with Crippen molar-refractivity contribution in [3.05, 3.63) is 0 Å². The highest BCUT2D eigenvalue weighted by Crippen LogP contribution is 2.77. The molecule has 0 aromatic rings. The van der Waals surface area contributed by atoms with Gasteiger partial charge < -0.3 is 9.47 Å². The highest BCUT2D eigenvalue weighted by molar-refractivity contribution is 5.89. The van der Waals surface area contributed by atoms with Crippen molar-refractivity contribution in [3.63, 3.8) is 0 Å². The van der Waals surface area contributed by atoms with Gasteiger partial charge in [0.25, 0.3) is 0 Å². The summed E-state index contributed by atoms with van der Waals surface area (Å²) in [6, 6.07) is 0. The third kappa shape index (κ3) is 5.86. The maximum Gasteiger partial charge on any atom is 0.309 e. The monoisotopic (exact) mass is 655 g/mol. The average Bonchev–Trinajstić information content (AvgIpc) is 3.35. The quantitative estimate of drug-likeness (QED) is 0.244. The van der Waals surface area contributed by atoms with Crippen LogP contribution in [-0.4, -0.2) is 29.4 Å². The van der Waals surface area contributed by atoms with Gasteiger partial charge in [0.1, 0.15) is 17.5 Å². The summed E-state index contributed by atoms with van der Waals surface area (Å²) in [6.45, 7) is 27.1. The number of carbonyl (C=O) groups excluding carboxylic acids is 3. The molecule has 5 heteroatoms. The molecule has 5 aliphatic carbocycles. The highest BCUT2D eigenvalue weighted by Gasteiger charge is 2.72. The molecule has 0 radical (unpaired) electrons. The zero-order valence-electron chi connectivity index (χ0n) is 32.4. The Kier molecular flexibility index (Phi) is 9.76. The molecule has 5 nitrogen and oxygen atoms in total. The van der Waals surface area contributed by atoms with Crippen molar-refractivity contribution in [2.45, 2.75) is 178 Å². The minimum absolute atomic E-state index is 0.00516. The number of carbonyl (C=O) groups is 3. The van der Waals surface area contributed by atoms with Gasteiger partial charge in [0.15, 0.2) is 0 Å². The Morgan fingerprint density at radius 3 is 2.09 bits per heavy atom. The molecule has 5 rings (SSSR count). The van der Waals surface area contributed by atoms with Gasteiger partial charge in [-0.25, -0.2) is 0 Å². The van der Waals surface area contributed by atoms with E-state index in [9.17, 15) is 14.4 Å². The molecule has 0 N–H and O–H groups in total. The first-order valence-electron chi connectivity index (χ1n) is 19.6. The van der Waals surface area contributed by atoms with E-state index < -0.39 is 11.5 Å². The number of rotatable bonds is 8. The Bertz CT molecular complexity index is 1210. The first-order chi connectivity index (χ1) is 21.7. The summed E-state index contributed by atoms with van der Waals surface area (Å²) in [7, 11) is 0. The number of hydrogen-bond donors (Lipinski definition) is 0. The normalized spacial score (nSPS) is 43.2. The van der Waals surface area contributed by atoms with Gasteiger partial charge in [0, 0.05) is 23.7 Å². The van der Waals surface area contributed by atoms with E-state index in [2.05, 4.69) is 48.5 Å². The van der Waals surface area contributed by atoms with Crippen LogP contribution in [0.2, 0.25) is 0 Å². The standard InChI is InChI=1S/C42H70O5/c1-13-14-34(44)46-33-19-20-39(10)30(38(33,8)9)18-21-41(12)31(39)16-15-29-35-28(26(2)3)17-22-42(35,24-23-40(29,41)11)32(43)25-27(4)36(45)47-37(5,6)7/h26-31,33,35H,13-25H2,1-12H3/t27-,28-,29?,30-,31+,33+,35-,39-,40+,41+,42+/m0/s1. The third-order valence-corrected chi connectivity index (χ3v) is 15.9. The summed E-state index contributed by atoms with van der Waals surface area (Å²) in [6.07, 6.45) is 12.8. The van der Waals surface area contributed by atoms with Crippen molar-refractivity contribution in [1.29, 1.82) is 0 Å². The summed E-state index contributed by atoms with van der Waals surface area (Å²) in [5, 5.41) is 0. The lowest BCUT2D eigenvalue weighted by molar-refractivity contribution is -0.250. The lowest BCUT2D eigenvalue weighted by Gasteiger charge is -2.73. The first-order valence-corrected chi connectivity index (χ1v) is 19.6. The van der Waals surface area contributed by atoms with E-state index in [-0.39, 0.29) is 45.1 Å². The van der Waals surface area contributed by atoms with E-state index in [0.29, 0.717) is 54.1 Å². The molecule has 268 valence electrons. The summed E-state index contributed by atoms with van der Waals surface area (Å²) < 4.78 is 11.9. The van der Waals surface area contributed by atoms with Gasteiger partial charge in [0.2, 0.25) is 0 Å². The van der Waals surface area contributed by atoms with Crippen LogP contribution >= 0.6 is 0 Å². The van der Waals surface area contributed by atoms with Crippen LogP contribution in [0.4, 0.5) is 0 Å². The van der Waals surface area contributed by atoms with Crippen molar-refractivity contribution >= 4 is 17.7 Å². The molecule has 0 aliphatic heterocycles. The van der Waals surface area contributed by atoms with Crippen LogP contribution < -0.4 is 0 Å². The fraction of sp³-hybridized carbons (Fsp3) is 0.929. The van der Waals surface area contributed by atoms with Gasteiger partial charge in [-0.05, 0) is 143 Å². The number of Topliss-reactive ketones (excluding diaryl/α,β-unsaturated/α-hetero) is 1. The molecule has 47 heavy (non-hydrogen) atoms. The predicted molar refractivity (Wildman–Crippen MR) is 188 cm³/mol. The van der Waals surface area contributed by atoms with Crippen LogP contribution in [0.25, 0.3) is 0 Å². The minimum atomic E-state index is -0.546. The number of ketones is 1. The second-order valence-electron chi connectivity index (χ2n) is 19.9. The van der Waals surface area contributed by atoms with E-state index in [1.807, 2.05) is 34.6 Å². The smallest absolute Gasteiger partial charge is 0.309 e. The summed E-state index contributed by atoms with van der Waals surface area (Å²) in [5.74, 6) is 2.86. The molecule has 0 saturated heterocycles. The fourth-order valence-electron chi connectivity index (χ4n) is 13.4. The second kappa shape index (κ2) is 12.4. The minimum Gasteiger partial charge on any atom is -0.462 e. The molecular formula is C42H70O5. The second-order valence-corrected chi connectivity index (χ2v) is 19.9. The van der Waals surface area contributed by atoms with Crippen LogP contribution in [0, 0.1) is 68.5 Å². The molecule has 0 amide bonds. The van der Waals surface area contributed by atoms with Gasteiger partial charge in [-0.1, -0.05) is 62.3 Å². The fourth-order valence-corrected chi connectivity index (χ4v) is 13.4. The molecule has 0 heterocycles. The Balaban J connectivity index is 1.43. The molecule has 5 fully saturated rings. The summed E-state index contributed by atoms with van der Waals surface area (Å²) >= 11 is 0. The van der Waals surface area contributed by atoms with Crippen LogP contribution in [0.3, 0.4) is 0 Å². The Labute approximate surface area is 287 Å². The van der Waals surface area contributed by atoms with Crippen molar-refractivity contribution in [3.8, 4) is 0 Å². The lowest BCUT2D eigenvalue weighted by Crippen LogP contribution is -2.67. The van der Waals surface area contributed by atoms with Crippen LogP contribution in [0.5, 0.6) is 0 Å². The predicted octanol–water partition coefficient (Wildman–Crippen LogP) is 10.4. The number of hydrogen-bond acceptors (Lipinski definition) is 5. The largest absolute Gasteiger partial charge is 0.462 e. The van der Waals surface area contributed by atoms with Crippen molar-refractivity contribution in [2.24, 2.45) is 68.5 Å². The molecule has 1 unspecified atom stereocenters. The van der Waals surface area contributed by atoms with E-state index in [0.717, 1.165) is 44.9 Å². The van der Waals surface area contributed by atoms with Gasteiger partial charge in [-0.15, -0.1) is 0 Å². The Hall–Kier alpha value is -1.39. The van der Waals surface area contributed by atoms with Gasteiger partial charge >= 0.3 is 11.9 Å². The first kappa shape index (κ1) is 36.9. The van der Waals surface area contributed by atoms with Crippen LogP contribution in [-0.2, 0) is 23.9 Å². The van der Waals surface area contributed by atoms with E-state index >= 15 is 0 Å². The van der Waals surface area contributed by atoms with E-state index in [4.69, 9.17) is 9.47 Å². The van der Waals surface area contributed by atoms with E-state index in [1.165, 1.54) is 25.7 Å². The summed E-state index contributed by atoms with van der Waals surface area (Å²) in [4.78, 5) is 40.3. The third-order valence-electron chi connectivity index (χ3n) is 15.9. The Morgan fingerprint density at radius 2 is 1.47 bits per heavy atom. The van der Waals surface area contributed by atoms with Gasteiger partial charge in [-0.2, -0.15) is 0 Å². The van der Waals surface area contributed by atoms with Crippen molar-refractivity contribution in [1.82, 2.24) is 0 Å². The molecular weight excluding hydrogens is 584 g/mol. The van der Waals surface area contributed by atoms with Crippen molar-refractivity contribution < 1.29 is 23.9 Å². The average molecular weight is 655 g/mol. The molecule has 5 aliphatic rings. The Morgan fingerprint density at radius 1 is 0.787 bits per heavy atom. The van der Waals surface area contributed by atoms with Crippen LogP contribution in [0.15, 0.2) is 0 Å². The maximum absolute atomic E-state index is 14.6. The number of ether oxygens (including phenoxy) is 2. The zero-order valence-corrected chi connectivity index (χ0v) is 32.4. The van der Waals surface area contributed by atoms with Crippen LogP contribution in [0.1, 0.15) is 167 Å². The van der Waals surface area contributed by atoms with Gasteiger partial charge in [-0.3, -0.25) is 14.4 Å². The molecule has 5 saturated carbocycles.